The Kier molecular flexibility index (Phi) is 4.26. The van der Waals surface area contributed by atoms with Gasteiger partial charge < -0.3 is 20.7 Å². The van der Waals surface area contributed by atoms with E-state index in [0.717, 1.165) is 12.0 Å². The SMILES string of the molecule is N[C@H]1[C@@H](O)[C@H](n2cnc3c(NCc4cccc(I)c4)nc(Cl)nc32)[C@H]2C[C@@H]12. The van der Waals surface area contributed by atoms with Crippen LogP contribution in [-0.4, -0.2) is 36.8 Å². The molecule has 0 spiro atoms. The Morgan fingerprint density at radius 3 is 2.93 bits per heavy atom. The minimum atomic E-state index is -0.595. The third kappa shape index (κ3) is 2.98. The first-order valence-corrected chi connectivity index (χ1v) is 10.3. The molecule has 27 heavy (non-hydrogen) atoms. The zero-order valence-corrected chi connectivity index (χ0v) is 17.2. The monoisotopic (exact) mass is 496 g/mol. The normalized spacial score (nSPS) is 29.1. The minimum absolute atomic E-state index is 0.107. The summed E-state index contributed by atoms with van der Waals surface area (Å²) in [5.74, 6) is 1.36. The lowest BCUT2D eigenvalue weighted by Crippen LogP contribution is -2.37. The molecule has 2 heterocycles. The average molecular weight is 497 g/mol. The van der Waals surface area contributed by atoms with E-state index in [2.05, 4.69) is 55.0 Å². The first-order chi connectivity index (χ1) is 13.0. The van der Waals surface area contributed by atoms with Crippen LogP contribution in [0.4, 0.5) is 5.82 Å². The molecule has 7 nitrogen and oxygen atoms in total. The summed E-state index contributed by atoms with van der Waals surface area (Å²) in [6, 6.07) is 7.94. The number of nitrogens with zero attached hydrogens (tertiary/aromatic N) is 4. The Balaban J connectivity index is 1.49. The molecule has 5 rings (SSSR count). The molecule has 0 bridgehead atoms. The van der Waals surface area contributed by atoms with Crippen molar-refractivity contribution in [3.63, 3.8) is 0 Å². The number of imidazole rings is 1. The number of rotatable bonds is 4. The van der Waals surface area contributed by atoms with Gasteiger partial charge in [0.25, 0.3) is 0 Å². The quantitative estimate of drug-likeness (QED) is 0.379. The Morgan fingerprint density at radius 1 is 1.33 bits per heavy atom. The van der Waals surface area contributed by atoms with Crippen molar-refractivity contribution in [1.29, 1.82) is 0 Å². The lowest BCUT2D eigenvalue weighted by molar-refractivity contribution is 0.104. The van der Waals surface area contributed by atoms with Gasteiger partial charge in [-0.1, -0.05) is 12.1 Å². The number of anilines is 1. The maximum absolute atomic E-state index is 10.5. The highest BCUT2D eigenvalue weighted by Gasteiger charge is 2.59. The second-order valence-corrected chi connectivity index (χ2v) is 8.85. The molecule has 3 aromatic rings. The lowest BCUT2D eigenvalue weighted by atomic mass is 10.1. The third-order valence-electron chi connectivity index (χ3n) is 5.63. The van der Waals surface area contributed by atoms with Crippen LogP contribution in [0.5, 0.6) is 0 Å². The summed E-state index contributed by atoms with van der Waals surface area (Å²) >= 11 is 8.48. The summed E-state index contributed by atoms with van der Waals surface area (Å²) in [5, 5.41) is 14.0. The van der Waals surface area contributed by atoms with E-state index in [-0.39, 0.29) is 17.4 Å². The van der Waals surface area contributed by atoms with E-state index in [0.29, 0.717) is 35.4 Å². The summed E-state index contributed by atoms with van der Waals surface area (Å²) in [6.45, 7) is 0.605. The van der Waals surface area contributed by atoms with Crippen LogP contribution in [0.15, 0.2) is 30.6 Å². The van der Waals surface area contributed by atoms with E-state index in [4.69, 9.17) is 17.3 Å². The van der Waals surface area contributed by atoms with E-state index in [1.165, 1.54) is 3.57 Å². The third-order valence-corrected chi connectivity index (χ3v) is 6.47. The smallest absolute Gasteiger partial charge is 0.226 e. The second-order valence-electron chi connectivity index (χ2n) is 7.27. The molecule has 0 radical (unpaired) electrons. The standard InChI is InChI=1S/C18H18ClIN6O/c19-18-24-16(22-6-8-2-1-3-9(20)4-8)13-17(25-18)26(7-23-13)14-11-5-10(11)12(21)15(14)27/h1-4,7,10-12,14-15,27H,5-6,21H2,(H,22,24,25)/t10-,11+,12-,14-,15-/m1/s1. The van der Waals surface area contributed by atoms with Crippen LogP contribution in [-0.2, 0) is 6.54 Å². The first-order valence-electron chi connectivity index (χ1n) is 8.85. The molecule has 2 aliphatic carbocycles. The Labute approximate surface area is 174 Å². The number of halogens is 2. The molecule has 1 aromatic carbocycles. The summed E-state index contributed by atoms with van der Waals surface area (Å²) in [4.78, 5) is 13.2. The topological polar surface area (TPSA) is 102 Å². The largest absolute Gasteiger partial charge is 0.389 e. The number of hydrogen-bond acceptors (Lipinski definition) is 6. The summed E-state index contributed by atoms with van der Waals surface area (Å²) in [6.07, 6.45) is 2.16. The molecule has 2 fully saturated rings. The van der Waals surface area contributed by atoms with Gasteiger partial charge in [-0.05, 0) is 70.1 Å². The van der Waals surface area contributed by atoms with Crippen LogP contribution >= 0.6 is 34.2 Å². The highest BCUT2D eigenvalue weighted by atomic mass is 127. The molecule has 0 amide bonds. The van der Waals surface area contributed by atoms with Crippen LogP contribution in [0.2, 0.25) is 5.28 Å². The van der Waals surface area contributed by atoms with Crippen LogP contribution < -0.4 is 11.1 Å². The van der Waals surface area contributed by atoms with Crippen molar-refractivity contribution < 1.29 is 5.11 Å². The number of aliphatic hydroxyl groups is 1. The van der Waals surface area contributed by atoms with E-state index in [9.17, 15) is 5.11 Å². The van der Waals surface area contributed by atoms with E-state index in [1.807, 2.05) is 16.7 Å². The van der Waals surface area contributed by atoms with Crippen molar-refractivity contribution in [3.05, 3.63) is 45.0 Å². The number of aromatic nitrogens is 4. The zero-order valence-electron chi connectivity index (χ0n) is 14.3. The Morgan fingerprint density at radius 2 is 2.19 bits per heavy atom. The molecule has 2 aromatic heterocycles. The van der Waals surface area contributed by atoms with Gasteiger partial charge >= 0.3 is 0 Å². The van der Waals surface area contributed by atoms with Crippen LogP contribution in [0, 0.1) is 15.4 Å². The molecule has 0 saturated heterocycles. The van der Waals surface area contributed by atoms with Gasteiger partial charge in [-0.15, -0.1) is 0 Å². The number of nitrogens with two attached hydrogens (primary N) is 1. The Bertz CT molecular complexity index is 1030. The number of benzene rings is 1. The molecular weight excluding hydrogens is 479 g/mol. The molecule has 5 atom stereocenters. The molecule has 2 saturated carbocycles. The molecule has 140 valence electrons. The number of nitrogens with one attached hydrogen (secondary N) is 1. The summed E-state index contributed by atoms with van der Waals surface area (Å²) in [5.41, 5.74) is 8.55. The molecular formula is C18H18ClIN6O. The Hall–Kier alpha value is -1.49. The number of fused-ring (bicyclic) bond motifs is 2. The first kappa shape index (κ1) is 17.6. The zero-order chi connectivity index (χ0) is 18.7. The maximum atomic E-state index is 10.5. The minimum Gasteiger partial charge on any atom is -0.389 e. The van der Waals surface area contributed by atoms with Gasteiger partial charge in [0.15, 0.2) is 17.0 Å². The number of hydrogen-bond donors (Lipinski definition) is 3. The fourth-order valence-electron chi connectivity index (χ4n) is 4.24. The van der Waals surface area contributed by atoms with Crippen molar-refractivity contribution in [2.45, 2.75) is 31.2 Å². The van der Waals surface area contributed by atoms with Gasteiger partial charge in [-0.2, -0.15) is 9.97 Å². The molecule has 2 aliphatic rings. The van der Waals surface area contributed by atoms with Crippen molar-refractivity contribution in [2.24, 2.45) is 17.6 Å². The predicted octanol–water partition coefficient (Wildman–Crippen LogP) is 2.58. The van der Waals surface area contributed by atoms with Crippen LogP contribution in [0.25, 0.3) is 11.2 Å². The van der Waals surface area contributed by atoms with Crippen molar-refractivity contribution in [3.8, 4) is 0 Å². The second kappa shape index (κ2) is 6.54. The van der Waals surface area contributed by atoms with Crippen LogP contribution in [0.3, 0.4) is 0 Å². The van der Waals surface area contributed by atoms with Crippen molar-refractivity contribution in [1.82, 2.24) is 19.5 Å². The van der Waals surface area contributed by atoms with Gasteiger partial charge in [0.2, 0.25) is 5.28 Å². The molecule has 9 heteroatoms. The van der Waals surface area contributed by atoms with E-state index < -0.39 is 6.10 Å². The van der Waals surface area contributed by atoms with Gasteiger partial charge in [0, 0.05) is 16.2 Å². The fourth-order valence-corrected chi connectivity index (χ4v) is 5.01. The van der Waals surface area contributed by atoms with Gasteiger partial charge in [0.05, 0.1) is 18.5 Å². The van der Waals surface area contributed by atoms with Crippen molar-refractivity contribution >= 4 is 51.2 Å². The van der Waals surface area contributed by atoms with Gasteiger partial charge in [-0.25, -0.2) is 4.98 Å². The maximum Gasteiger partial charge on any atom is 0.226 e. The molecule has 0 aliphatic heterocycles. The summed E-state index contributed by atoms with van der Waals surface area (Å²) < 4.78 is 3.09. The predicted molar refractivity (Wildman–Crippen MR) is 111 cm³/mol. The highest BCUT2D eigenvalue weighted by molar-refractivity contribution is 14.1. The van der Waals surface area contributed by atoms with E-state index in [1.54, 1.807) is 6.33 Å². The molecule has 4 N–H and O–H groups in total. The van der Waals surface area contributed by atoms with E-state index >= 15 is 0 Å². The summed E-state index contributed by atoms with van der Waals surface area (Å²) in [7, 11) is 0. The van der Waals surface area contributed by atoms with Gasteiger partial charge in [0.1, 0.15) is 0 Å². The fraction of sp³-hybridized carbons (Fsp3) is 0.389. The molecule has 0 unspecified atom stereocenters. The van der Waals surface area contributed by atoms with Gasteiger partial charge in [-0.3, -0.25) is 0 Å². The number of aliphatic hydroxyl groups excluding tert-OH is 1. The average Bonchev–Trinajstić information content (AvgIpc) is 3.25. The van der Waals surface area contributed by atoms with Crippen molar-refractivity contribution in [2.75, 3.05) is 5.32 Å². The lowest BCUT2D eigenvalue weighted by Gasteiger charge is -2.22. The highest BCUT2D eigenvalue weighted by Crippen LogP contribution is 2.57. The van der Waals surface area contributed by atoms with Crippen LogP contribution in [0.1, 0.15) is 18.0 Å².